The van der Waals surface area contributed by atoms with Crippen molar-refractivity contribution in [1.29, 1.82) is 0 Å². The number of carboxylic acids is 1. The summed E-state index contributed by atoms with van der Waals surface area (Å²) in [6.45, 7) is 5.02. The second-order valence-corrected chi connectivity index (χ2v) is 4.61. The van der Waals surface area contributed by atoms with Crippen LogP contribution in [-0.2, 0) is 4.79 Å². The summed E-state index contributed by atoms with van der Waals surface area (Å²) in [5.74, 6) is -0.220. The third-order valence-electron chi connectivity index (χ3n) is 3.23. The first-order valence-corrected chi connectivity index (χ1v) is 6.49. The fourth-order valence-corrected chi connectivity index (χ4v) is 1.96. The molecule has 0 aliphatic carbocycles. The standard InChI is InChI=1S/C14H22N2O2/c1-3-12(4-5-14(17)18)6-9-16-13-7-8-15-10-11(13)2/h7-8,10,12H,3-6,9H2,1-2H3,(H,15,16)(H,17,18). The molecule has 0 fully saturated rings. The van der Waals surface area contributed by atoms with Crippen LogP contribution in [0.4, 0.5) is 5.69 Å². The second-order valence-electron chi connectivity index (χ2n) is 4.61. The summed E-state index contributed by atoms with van der Waals surface area (Å²) >= 11 is 0. The molecule has 1 unspecified atom stereocenters. The molecular weight excluding hydrogens is 228 g/mol. The van der Waals surface area contributed by atoms with Crippen molar-refractivity contribution in [2.24, 2.45) is 5.92 Å². The van der Waals surface area contributed by atoms with E-state index in [-0.39, 0.29) is 6.42 Å². The van der Waals surface area contributed by atoms with Crippen LogP contribution in [0.3, 0.4) is 0 Å². The highest BCUT2D eigenvalue weighted by Gasteiger charge is 2.08. The number of hydrogen-bond donors (Lipinski definition) is 2. The lowest BCUT2D eigenvalue weighted by molar-refractivity contribution is -0.137. The largest absolute Gasteiger partial charge is 0.481 e. The van der Waals surface area contributed by atoms with Crippen molar-refractivity contribution in [3.63, 3.8) is 0 Å². The lowest BCUT2D eigenvalue weighted by atomic mass is 9.96. The highest BCUT2D eigenvalue weighted by Crippen LogP contribution is 2.17. The Labute approximate surface area is 108 Å². The fraction of sp³-hybridized carbons (Fsp3) is 0.571. The summed E-state index contributed by atoms with van der Waals surface area (Å²) in [5.41, 5.74) is 2.24. The zero-order chi connectivity index (χ0) is 13.4. The number of nitrogens with one attached hydrogen (secondary N) is 1. The average molecular weight is 250 g/mol. The minimum Gasteiger partial charge on any atom is -0.481 e. The van der Waals surface area contributed by atoms with Gasteiger partial charge in [-0.3, -0.25) is 9.78 Å². The molecule has 0 saturated heterocycles. The van der Waals surface area contributed by atoms with Crippen molar-refractivity contribution in [2.75, 3.05) is 11.9 Å². The normalized spacial score (nSPS) is 12.1. The van der Waals surface area contributed by atoms with Crippen LogP contribution < -0.4 is 5.32 Å². The Morgan fingerprint density at radius 3 is 2.89 bits per heavy atom. The van der Waals surface area contributed by atoms with E-state index in [1.54, 1.807) is 6.20 Å². The molecule has 4 nitrogen and oxygen atoms in total. The maximum atomic E-state index is 10.5. The number of carboxylic acid groups (broad SMARTS) is 1. The minimum absolute atomic E-state index is 0.271. The van der Waals surface area contributed by atoms with Gasteiger partial charge in [0.1, 0.15) is 0 Å². The van der Waals surface area contributed by atoms with E-state index >= 15 is 0 Å². The van der Waals surface area contributed by atoms with E-state index < -0.39 is 5.97 Å². The third-order valence-corrected chi connectivity index (χ3v) is 3.23. The molecule has 0 spiro atoms. The third kappa shape index (κ3) is 5.17. The Balaban J connectivity index is 2.31. The maximum Gasteiger partial charge on any atom is 0.303 e. The monoisotopic (exact) mass is 250 g/mol. The Morgan fingerprint density at radius 1 is 1.50 bits per heavy atom. The number of anilines is 1. The summed E-state index contributed by atoms with van der Waals surface area (Å²) in [6.07, 6.45) is 6.69. The Morgan fingerprint density at radius 2 is 2.28 bits per heavy atom. The first-order valence-electron chi connectivity index (χ1n) is 6.49. The quantitative estimate of drug-likeness (QED) is 0.744. The highest BCUT2D eigenvalue weighted by atomic mass is 16.4. The van der Waals surface area contributed by atoms with Crippen molar-refractivity contribution in [3.05, 3.63) is 24.0 Å². The van der Waals surface area contributed by atoms with Crippen molar-refractivity contribution in [2.45, 2.75) is 39.5 Å². The SMILES string of the molecule is CCC(CCNc1ccncc1C)CCC(=O)O. The zero-order valence-corrected chi connectivity index (χ0v) is 11.1. The van der Waals surface area contributed by atoms with Gasteiger partial charge < -0.3 is 10.4 Å². The van der Waals surface area contributed by atoms with Gasteiger partial charge in [0, 0.05) is 31.0 Å². The van der Waals surface area contributed by atoms with Crippen molar-refractivity contribution >= 4 is 11.7 Å². The summed E-state index contributed by atoms with van der Waals surface area (Å²) in [7, 11) is 0. The van der Waals surface area contributed by atoms with Gasteiger partial charge in [0.05, 0.1) is 0 Å². The van der Waals surface area contributed by atoms with Gasteiger partial charge in [0.2, 0.25) is 0 Å². The van der Waals surface area contributed by atoms with E-state index in [0.29, 0.717) is 5.92 Å². The number of aliphatic carboxylic acids is 1. The lowest BCUT2D eigenvalue weighted by Gasteiger charge is -2.15. The smallest absolute Gasteiger partial charge is 0.303 e. The van der Waals surface area contributed by atoms with Gasteiger partial charge in [-0.15, -0.1) is 0 Å². The molecule has 1 aromatic rings. The Bertz CT molecular complexity index is 380. The van der Waals surface area contributed by atoms with Gasteiger partial charge in [-0.1, -0.05) is 13.3 Å². The number of aromatic nitrogens is 1. The van der Waals surface area contributed by atoms with Crippen molar-refractivity contribution in [3.8, 4) is 0 Å². The number of pyridine rings is 1. The van der Waals surface area contributed by atoms with E-state index in [2.05, 4.69) is 17.2 Å². The number of nitrogens with zero attached hydrogens (tertiary/aromatic N) is 1. The van der Waals surface area contributed by atoms with Crippen LogP contribution in [0.2, 0.25) is 0 Å². The average Bonchev–Trinajstić information content (AvgIpc) is 2.35. The van der Waals surface area contributed by atoms with Crippen LogP contribution in [-0.4, -0.2) is 22.6 Å². The summed E-state index contributed by atoms with van der Waals surface area (Å²) in [6, 6.07) is 1.97. The summed E-state index contributed by atoms with van der Waals surface area (Å²) in [5, 5.41) is 12.1. The fourth-order valence-electron chi connectivity index (χ4n) is 1.96. The molecule has 0 saturated carbocycles. The van der Waals surface area contributed by atoms with Gasteiger partial charge in [0.15, 0.2) is 0 Å². The van der Waals surface area contributed by atoms with Crippen LogP contribution in [0.5, 0.6) is 0 Å². The number of rotatable bonds is 8. The highest BCUT2D eigenvalue weighted by molar-refractivity contribution is 5.66. The number of carbonyl (C=O) groups is 1. The molecule has 0 radical (unpaired) electrons. The van der Waals surface area contributed by atoms with E-state index in [9.17, 15) is 4.79 Å². The molecule has 0 aromatic carbocycles. The van der Waals surface area contributed by atoms with Crippen LogP contribution in [0.25, 0.3) is 0 Å². The van der Waals surface area contributed by atoms with Gasteiger partial charge in [-0.2, -0.15) is 0 Å². The van der Waals surface area contributed by atoms with Crippen LogP contribution in [0, 0.1) is 12.8 Å². The maximum absolute atomic E-state index is 10.5. The predicted molar refractivity (Wildman–Crippen MR) is 72.7 cm³/mol. The molecule has 0 bridgehead atoms. The van der Waals surface area contributed by atoms with E-state index in [1.165, 1.54) is 0 Å². The number of hydrogen-bond acceptors (Lipinski definition) is 3. The number of aryl methyl sites for hydroxylation is 1. The molecule has 100 valence electrons. The van der Waals surface area contributed by atoms with Gasteiger partial charge in [0.25, 0.3) is 0 Å². The van der Waals surface area contributed by atoms with E-state index in [1.807, 2.05) is 19.2 Å². The molecule has 1 aromatic heterocycles. The molecule has 1 rings (SSSR count). The van der Waals surface area contributed by atoms with Crippen molar-refractivity contribution < 1.29 is 9.90 Å². The van der Waals surface area contributed by atoms with Crippen LogP contribution in [0.15, 0.2) is 18.5 Å². The van der Waals surface area contributed by atoms with Crippen molar-refractivity contribution in [1.82, 2.24) is 4.98 Å². The topological polar surface area (TPSA) is 62.2 Å². The van der Waals surface area contributed by atoms with Gasteiger partial charge in [-0.05, 0) is 37.3 Å². The molecule has 1 heterocycles. The molecular formula is C14H22N2O2. The van der Waals surface area contributed by atoms with E-state index in [4.69, 9.17) is 5.11 Å². The first kappa shape index (κ1) is 14.5. The van der Waals surface area contributed by atoms with Gasteiger partial charge in [-0.25, -0.2) is 0 Å². The molecule has 18 heavy (non-hydrogen) atoms. The zero-order valence-electron chi connectivity index (χ0n) is 11.1. The molecule has 0 aliphatic heterocycles. The predicted octanol–water partition coefficient (Wildman–Crippen LogP) is 3.08. The molecule has 4 heteroatoms. The Kier molecular flexibility index (Phi) is 6.19. The van der Waals surface area contributed by atoms with Gasteiger partial charge >= 0.3 is 5.97 Å². The molecule has 2 N–H and O–H groups in total. The van der Waals surface area contributed by atoms with E-state index in [0.717, 1.165) is 37.1 Å². The van der Waals surface area contributed by atoms with Crippen LogP contribution in [0.1, 0.15) is 38.2 Å². The minimum atomic E-state index is -0.702. The first-order chi connectivity index (χ1) is 8.63. The summed E-state index contributed by atoms with van der Waals surface area (Å²) < 4.78 is 0. The molecule has 0 aliphatic rings. The summed E-state index contributed by atoms with van der Waals surface area (Å²) in [4.78, 5) is 14.6. The molecule has 1 atom stereocenters. The lowest BCUT2D eigenvalue weighted by Crippen LogP contribution is -2.11. The Hall–Kier alpha value is -1.58. The second kappa shape index (κ2) is 7.69. The van der Waals surface area contributed by atoms with Crippen LogP contribution >= 0.6 is 0 Å². The molecule has 0 amide bonds.